The summed E-state index contributed by atoms with van der Waals surface area (Å²) in [6.07, 6.45) is 6.67. The highest BCUT2D eigenvalue weighted by atomic mass is 16.5. The fourth-order valence-electron chi connectivity index (χ4n) is 4.20. The molecule has 2 aliphatic rings. The lowest BCUT2D eigenvalue weighted by atomic mass is 9.91. The highest BCUT2D eigenvalue weighted by molar-refractivity contribution is 6.01. The van der Waals surface area contributed by atoms with E-state index < -0.39 is 5.60 Å². The molecule has 0 atom stereocenters. The van der Waals surface area contributed by atoms with Crippen LogP contribution in [0.15, 0.2) is 24.5 Å². The average molecular weight is 415 g/mol. The minimum absolute atomic E-state index is 0. The van der Waals surface area contributed by atoms with Gasteiger partial charge in [-0.3, -0.25) is 9.69 Å². The van der Waals surface area contributed by atoms with Crippen molar-refractivity contribution >= 4 is 17.5 Å². The number of hydrogen-bond donors (Lipinski definition) is 2. The van der Waals surface area contributed by atoms with Crippen LogP contribution in [0.4, 0.5) is 11.6 Å². The van der Waals surface area contributed by atoms with Gasteiger partial charge in [-0.15, -0.1) is 0 Å². The SMILES string of the molecule is COC1CCC(N2C(=O)CNc3ncc(-c4ccc(C(C)(C)O)[n+]([O-])c4)nc32)CC1.[HH]. The Morgan fingerprint density at radius 3 is 2.70 bits per heavy atom. The summed E-state index contributed by atoms with van der Waals surface area (Å²) in [6.45, 7) is 3.30. The lowest BCUT2D eigenvalue weighted by molar-refractivity contribution is -0.621. The van der Waals surface area contributed by atoms with Crippen LogP contribution in [0, 0.1) is 5.21 Å². The number of nitrogens with one attached hydrogen (secondary N) is 1. The highest BCUT2D eigenvalue weighted by Gasteiger charge is 2.35. The molecule has 2 aromatic rings. The van der Waals surface area contributed by atoms with Gasteiger partial charge >= 0.3 is 0 Å². The van der Waals surface area contributed by atoms with Crippen molar-refractivity contribution in [1.82, 2.24) is 9.97 Å². The molecule has 162 valence electrons. The monoisotopic (exact) mass is 415 g/mol. The molecule has 3 heterocycles. The Bertz CT molecular complexity index is 957. The van der Waals surface area contributed by atoms with E-state index in [0.29, 0.717) is 27.6 Å². The zero-order chi connectivity index (χ0) is 21.5. The van der Waals surface area contributed by atoms with E-state index in [1.54, 1.807) is 44.2 Å². The number of nitrogens with zero attached hydrogens (tertiary/aromatic N) is 4. The molecule has 1 aliphatic carbocycles. The van der Waals surface area contributed by atoms with Crippen LogP contribution in [-0.4, -0.2) is 46.8 Å². The lowest BCUT2D eigenvalue weighted by Gasteiger charge is -2.38. The smallest absolute Gasteiger partial charge is 0.247 e. The Morgan fingerprint density at radius 2 is 2.07 bits per heavy atom. The van der Waals surface area contributed by atoms with E-state index in [4.69, 9.17) is 9.72 Å². The van der Waals surface area contributed by atoms with Crippen LogP contribution < -0.4 is 14.9 Å². The fourth-order valence-corrected chi connectivity index (χ4v) is 4.20. The standard InChI is InChI=1S/C21H27N5O4.H2/c1-21(2,28)17-9-4-13(12-25(17)29)16-10-22-19-20(24-16)26(18(27)11-23-19)14-5-7-15(30-3)8-6-14;/h4,9-10,12,14-15,28H,5-8,11H2,1-3H3,(H,22,23);1H. The number of amides is 1. The van der Waals surface area contributed by atoms with Crippen molar-refractivity contribution in [3.63, 3.8) is 0 Å². The van der Waals surface area contributed by atoms with E-state index in [0.717, 1.165) is 25.7 Å². The Kier molecular flexibility index (Phi) is 5.33. The topological polar surface area (TPSA) is 115 Å². The van der Waals surface area contributed by atoms with Crippen LogP contribution in [-0.2, 0) is 15.1 Å². The van der Waals surface area contributed by atoms with Gasteiger partial charge in [0.2, 0.25) is 11.6 Å². The molecule has 1 fully saturated rings. The van der Waals surface area contributed by atoms with Gasteiger partial charge in [-0.1, -0.05) is 0 Å². The molecule has 0 spiro atoms. The number of fused-ring (bicyclic) bond motifs is 1. The minimum atomic E-state index is -1.25. The summed E-state index contributed by atoms with van der Waals surface area (Å²) in [4.78, 5) is 23.7. The molecule has 2 N–H and O–H groups in total. The number of pyridine rings is 1. The molecular formula is C21H29N5O4. The van der Waals surface area contributed by atoms with E-state index in [1.807, 2.05) is 0 Å². The molecule has 2 aromatic heterocycles. The fraction of sp³-hybridized carbons (Fsp3) is 0.524. The number of hydrogen-bond acceptors (Lipinski definition) is 7. The molecule has 4 rings (SSSR count). The van der Waals surface area contributed by atoms with Crippen LogP contribution in [0.1, 0.15) is 46.7 Å². The highest BCUT2D eigenvalue weighted by Crippen LogP contribution is 2.34. The predicted octanol–water partition coefficient (Wildman–Crippen LogP) is 1.97. The zero-order valence-corrected chi connectivity index (χ0v) is 17.5. The van der Waals surface area contributed by atoms with Gasteiger partial charge in [0, 0.05) is 20.6 Å². The maximum Gasteiger partial charge on any atom is 0.247 e. The van der Waals surface area contributed by atoms with E-state index in [1.165, 1.54) is 6.20 Å². The summed E-state index contributed by atoms with van der Waals surface area (Å²) in [7, 11) is 1.72. The van der Waals surface area contributed by atoms with Crippen molar-refractivity contribution in [3.8, 4) is 11.3 Å². The van der Waals surface area contributed by atoms with Crippen LogP contribution in [0.2, 0.25) is 0 Å². The Morgan fingerprint density at radius 1 is 1.33 bits per heavy atom. The van der Waals surface area contributed by atoms with Crippen molar-refractivity contribution in [1.29, 1.82) is 0 Å². The van der Waals surface area contributed by atoms with E-state index in [-0.39, 0.29) is 31.7 Å². The second-order valence-electron chi connectivity index (χ2n) is 8.40. The third-order valence-corrected chi connectivity index (χ3v) is 5.84. The summed E-state index contributed by atoms with van der Waals surface area (Å²) in [6, 6.07) is 3.36. The molecule has 0 bridgehead atoms. The molecule has 9 nitrogen and oxygen atoms in total. The number of rotatable bonds is 4. The quantitative estimate of drug-likeness (QED) is 0.579. The Balaban J connectivity index is 0.00000272. The van der Waals surface area contributed by atoms with Crippen LogP contribution in [0.5, 0.6) is 0 Å². The lowest BCUT2D eigenvalue weighted by Crippen LogP contribution is -2.49. The van der Waals surface area contributed by atoms with Crippen LogP contribution >= 0.6 is 0 Å². The van der Waals surface area contributed by atoms with Crippen molar-refractivity contribution in [3.05, 3.63) is 35.4 Å². The third-order valence-electron chi connectivity index (χ3n) is 5.84. The Labute approximate surface area is 176 Å². The van der Waals surface area contributed by atoms with Crippen molar-refractivity contribution in [2.24, 2.45) is 0 Å². The van der Waals surface area contributed by atoms with Gasteiger partial charge in [-0.05, 0) is 45.6 Å². The zero-order valence-electron chi connectivity index (χ0n) is 17.5. The van der Waals surface area contributed by atoms with Crippen molar-refractivity contribution in [2.45, 2.75) is 57.3 Å². The van der Waals surface area contributed by atoms with Gasteiger partial charge in [0.25, 0.3) is 0 Å². The molecule has 0 unspecified atom stereocenters. The first-order valence-electron chi connectivity index (χ1n) is 10.2. The van der Waals surface area contributed by atoms with Gasteiger partial charge in [0.15, 0.2) is 17.8 Å². The van der Waals surface area contributed by atoms with Crippen LogP contribution in [0.25, 0.3) is 11.3 Å². The van der Waals surface area contributed by atoms with Crippen LogP contribution in [0.3, 0.4) is 0 Å². The summed E-state index contributed by atoms with van der Waals surface area (Å²) < 4.78 is 6.09. The van der Waals surface area contributed by atoms with Gasteiger partial charge < -0.3 is 20.4 Å². The van der Waals surface area contributed by atoms with E-state index in [9.17, 15) is 15.1 Å². The number of methoxy groups -OCH3 is 1. The molecule has 30 heavy (non-hydrogen) atoms. The van der Waals surface area contributed by atoms with E-state index in [2.05, 4.69) is 10.3 Å². The van der Waals surface area contributed by atoms with Gasteiger partial charge in [-0.2, -0.15) is 4.73 Å². The largest absolute Gasteiger partial charge is 0.618 e. The second kappa shape index (κ2) is 7.81. The second-order valence-corrected chi connectivity index (χ2v) is 8.40. The number of aromatic nitrogens is 3. The molecule has 0 saturated heterocycles. The van der Waals surface area contributed by atoms with Crippen molar-refractivity contribution < 1.29 is 20.8 Å². The molecule has 0 radical (unpaired) electrons. The molecule has 0 aromatic carbocycles. The van der Waals surface area contributed by atoms with Gasteiger partial charge in [-0.25, -0.2) is 9.97 Å². The van der Waals surface area contributed by atoms with Gasteiger partial charge in [0.1, 0.15) is 5.60 Å². The average Bonchev–Trinajstić information content (AvgIpc) is 2.72. The van der Waals surface area contributed by atoms with E-state index >= 15 is 0 Å². The number of ether oxygens (including phenoxy) is 1. The summed E-state index contributed by atoms with van der Waals surface area (Å²) >= 11 is 0. The maximum absolute atomic E-state index is 12.7. The number of aliphatic hydroxyl groups is 1. The first-order valence-corrected chi connectivity index (χ1v) is 10.2. The third kappa shape index (κ3) is 3.82. The van der Waals surface area contributed by atoms with Gasteiger partial charge in [0.05, 0.1) is 30.1 Å². The summed E-state index contributed by atoms with van der Waals surface area (Å²) in [5, 5.41) is 25.5. The molecule has 1 aliphatic heterocycles. The molecular weight excluding hydrogens is 386 g/mol. The first kappa shape index (κ1) is 20.5. The molecule has 1 amide bonds. The normalized spacial score (nSPS) is 21.9. The summed E-state index contributed by atoms with van der Waals surface area (Å²) in [5.74, 6) is 1.02. The maximum atomic E-state index is 12.7. The Hall–Kier alpha value is -2.78. The predicted molar refractivity (Wildman–Crippen MR) is 113 cm³/mol. The van der Waals surface area contributed by atoms with Crippen molar-refractivity contribution in [2.75, 3.05) is 23.9 Å². The molecule has 9 heteroatoms. The number of carbonyl (C=O) groups is 1. The number of anilines is 2. The molecule has 1 saturated carbocycles. The number of carbonyl (C=O) groups excluding carboxylic acids is 1. The summed E-state index contributed by atoms with van der Waals surface area (Å²) in [5.41, 5.74) is 0.0448. The first-order chi connectivity index (χ1) is 14.3. The minimum Gasteiger partial charge on any atom is -0.618 e.